The van der Waals surface area contributed by atoms with E-state index in [0.29, 0.717) is 30.5 Å². The zero-order chi connectivity index (χ0) is 24.0. The molecule has 0 aromatic heterocycles. The van der Waals surface area contributed by atoms with Crippen LogP contribution < -0.4 is 19.5 Å². The van der Waals surface area contributed by atoms with Gasteiger partial charge in [-0.3, -0.25) is 9.59 Å². The van der Waals surface area contributed by atoms with Gasteiger partial charge < -0.3 is 24.4 Å². The number of ether oxygens (including phenoxy) is 3. The summed E-state index contributed by atoms with van der Waals surface area (Å²) in [6.07, 6.45) is 0.729. The third-order valence-corrected chi connectivity index (χ3v) is 7.39. The maximum absolute atomic E-state index is 13.1. The largest absolute Gasteiger partial charge is 0.490 e. The molecule has 1 fully saturated rings. The van der Waals surface area contributed by atoms with Gasteiger partial charge in [0.2, 0.25) is 15.9 Å². The summed E-state index contributed by atoms with van der Waals surface area (Å²) in [6, 6.07) is 13.5. The Kier molecular flexibility index (Phi) is 7.53. The van der Waals surface area contributed by atoms with Crippen molar-refractivity contribution in [3.05, 3.63) is 48.5 Å². The van der Waals surface area contributed by atoms with Gasteiger partial charge in [-0.2, -0.15) is 4.31 Å². The molecular weight excluding hydrogens is 462 g/mol. The predicted molar refractivity (Wildman–Crippen MR) is 122 cm³/mol. The van der Waals surface area contributed by atoms with Crippen molar-refractivity contribution in [2.24, 2.45) is 0 Å². The summed E-state index contributed by atoms with van der Waals surface area (Å²) in [6.45, 7) is 1.41. The smallest absolute Gasteiger partial charge is 0.258 e. The minimum absolute atomic E-state index is 0.127. The van der Waals surface area contributed by atoms with E-state index in [-0.39, 0.29) is 50.1 Å². The van der Waals surface area contributed by atoms with Crippen molar-refractivity contribution >= 4 is 21.8 Å². The second-order valence-corrected chi connectivity index (χ2v) is 9.76. The lowest BCUT2D eigenvalue weighted by Gasteiger charge is -2.34. The van der Waals surface area contributed by atoms with Crippen LogP contribution in [0.5, 0.6) is 17.2 Å². The highest BCUT2D eigenvalue weighted by molar-refractivity contribution is 7.89. The highest BCUT2D eigenvalue weighted by Crippen LogP contribution is 2.33. The molecule has 0 spiro atoms. The van der Waals surface area contributed by atoms with Crippen molar-refractivity contribution < 1.29 is 32.2 Å². The lowest BCUT2D eigenvalue weighted by Crippen LogP contribution is -2.52. The van der Waals surface area contributed by atoms with E-state index in [1.165, 1.54) is 16.4 Å². The number of rotatable bonds is 7. The van der Waals surface area contributed by atoms with Gasteiger partial charge in [-0.05, 0) is 24.3 Å². The molecule has 2 amide bonds. The Labute approximate surface area is 198 Å². The number of nitrogens with zero attached hydrogens (tertiary/aromatic N) is 2. The summed E-state index contributed by atoms with van der Waals surface area (Å²) in [5.41, 5.74) is 0. The van der Waals surface area contributed by atoms with Crippen LogP contribution in [0.1, 0.15) is 6.42 Å². The van der Waals surface area contributed by atoms with Crippen LogP contribution in [-0.2, 0) is 19.6 Å². The molecule has 2 aliphatic rings. The van der Waals surface area contributed by atoms with Crippen molar-refractivity contribution in [2.45, 2.75) is 11.3 Å². The molecule has 11 heteroatoms. The summed E-state index contributed by atoms with van der Waals surface area (Å²) in [5.74, 6) is 0.825. The lowest BCUT2D eigenvalue weighted by molar-refractivity contribution is -0.134. The highest BCUT2D eigenvalue weighted by Gasteiger charge is 2.31. The average molecular weight is 490 g/mol. The van der Waals surface area contributed by atoms with Gasteiger partial charge in [0.25, 0.3) is 5.91 Å². The van der Waals surface area contributed by atoms with E-state index in [4.69, 9.17) is 14.2 Å². The van der Waals surface area contributed by atoms with Crippen LogP contribution in [0.25, 0.3) is 0 Å². The second kappa shape index (κ2) is 10.7. The molecule has 10 nitrogen and oxygen atoms in total. The van der Waals surface area contributed by atoms with Crippen LogP contribution >= 0.6 is 0 Å². The minimum Gasteiger partial charge on any atom is -0.490 e. The first-order valence-electron chi connectivity index (χ1n) is 11.1. The number of hydrogen-bond acceptors (Lipinski definition) is 7. The fraction of sp³-hybridized carbons (Fsp3) is 0.391. The van der Waals surface area contributed by atoms with Crippen LogP contribution in [0.4, 0.5) is 0 Å². The molecule has 2 aromatic rings. The minimum atomic E-state index is -3.74. The lowest BCUT2D eigenvalue weighted by atomic mass is 10.3. The first-order valence-corrected chi connectivity index (χ1v) is 12.5. The summed E-state index contributed by atoms with van der Waals surface area (Å²) < 4.78 is 44.1. The number of piperazine rings is 1. The molecule has 4 rings (SSSR count). The van der Waals surface area contributed by atoms with E-state index in [0.717, 1.165) is 6.42 Å². The summed E-state index contributed by atoms with van der Waals surface area (Å²) >= 11 is 0. The van der Waals surface area contributed by atoms with Crippen molar-refractivity contribution in [1.29, 1.82) is 0 Å². The van der Waals surface area contributed by atoms with Gasteiger partial charge in [-0.15, -0.1) is 0 Å². The second-order valence-electron chi connectivity index (χ2n) is 7.82. The van der Waals surface area contributed by atoms with Gasteiger partial charge in [0.1, 0.15) is 5.75 Å². The molecule has 0 bridgehead atoms. The van der Waals surface area contributed by atoms with E-state index in [9.17, 15) is 18.0 Å². The molecule has 2 heterocycles. The van der Waals surface area contributed by atoms with Gasteiger partial charge in [0.05, 0.1) is 24.7 Å². The number of fused-ring (bicyclic) bond motifs is 1. The number of nitrogens with one attached hydrogen (secondary N) is 1. The molecule has 0 saturated carbocycles. The number of para-hydroxylation sites is 1. The third kappa shape index (κ3) is 5.78. The zero-order valence-electron chi connectivity index (χ0n) is 18.6. The number of amides is 2. The first kappa shape index (κ1) is 23.8. The van der Waals surface area contributed by atoms with Crippen LogP contribution in [0.3, 0.4) is 0 Å². The van der Waals surface area contributed by atoms with Crippen molar-refractivity contribution in [1.82, 2.24) is 14.5 Å². The van der Waals surface area contributed by atoms with E-state index in [1.807, 2.05) is 6.07 Å². The normalized spacial score (nSPS) is 16.4. The topological polar surface area (TPSA) is 114 Å². The Balaban J connectivity index is 1.26. The molecular formula is C23H27N3O7S. The standard InChI is InChI=1S/C23H27N3O7S/c27-22(17-33-18-5-2-1-3-6-18)24-16-23(28)25-9-11-26(12-10-25)34(29,30)19-7-8-20-21(15-19)32-14-4-13-31-20/h1-3,5-8,15H,4,9-14,16-17H2,(H,24,27). The summed E-state index contributed by atoms with van der Waals surface area (Å²) in [7, 11) is -3.74. The molecule has 34 heavy (non-hydrogen) atoms. The Bertz CT molecular complexity index is 1120. The van der Waals surface area contributed by atoms with Gasteiger partial charge in [-0.1, -0.05) is 18.2 Å². The van der Waals surface area contributed by atoms with E-state index >= 15 is 0 Å². The van der Waals surface area contributed by atoms with Crippen molar-refractivity contribution in [3.8, 4) is 17.2 Å². The summed E-state index contributed by atoms with van der Waals surface area (Å²) in [5, 5.41) is 2.54. The fourth-order valence-electron chi connectivity index (χ4n) is 3.63. The Morgan fingerprint density at radius 2 is 1.65 bits per heavy atom. The van der Waals surface area contributed by atoms with Gasteiger partial charge >= 0.3 is 0 Å². The number of hydrogen-bond donors (Lipinski definition) is 1. The first-order chi connectivity index (χ1) is 16.4. The van der Waals surface area contributed by atoms with Crippen LogP contribution in [-0.4, -0.2) is 82.0 Å². The molecule has 0 atom stereocenters. The number of carbonyl (C=O) groups is 2. The molecule has 0 unspecified atom stereocenters. The van der Waals surface area contributed by atoms with E-state index in [2.05, 4.69) is 5.32 Å². The highest BCUT2D eigenvalue weighted by atomic mass is 32.2. The molecule has 2 aliphatic heterocycles. The quantitative estimate of drug-likeness (QED) is 0.614. The molecule has 0 aliphatic carbocycles. The van der Waals surface area contributed by atoms with Gasteiger partial charge in [0, 0.05) is 38.7 Å². The number of benzene rings is 2. The van der Waals surface area contributed by atoms with Crippen LogP contribution in [0.15, 0.2) is 53.4 Å². The molecule has 2 aromatic carbocycles. The third-order valence-electron chi connectivity index (χ3n) is 5.50. The summed E-state index contributed by atoms with van der Waals surface area (Å²) in [4.78, 5) is 26.1. The Morgan fingerprint density at radius 1 is 0.941 bits per heavy atom. The monoisotopic (exact) mass is 489 g/mol. The van der Waals surface area contributed by atoms with Crippen LogP contribution in [0.2, 0.25) is 0 Å². The zero-order valence-corrected chi connectivity index (χ0v) is 19.5. The Morgan fingerprint density at radius 3 is 2.38 bits per heavy atom. The Hall–Kier alpha value is -3.31. The van der Waals surface area contributed by atoms with E-state index in [1.54, 1.807) is 35.2 Å². The predicted octanol–water partition coefficient (Wildman–Crippen LogP) is 0.876. The van der Waals surface area contributed by atoms with E-state index < -0.39 is 15.9 Å². The average Bonchev–Trinajstić information content (AvgIpc) is 3.11. The molecule has 1 saturated heterocycles. The van der Waals surface area contributed by atoms with Gasteiger partial charge in [0.15, 0.2) is 18.1 Å². The van der Waals surface area contributed by atoms with Crippen molar-refractivity contribution in [2.75, 3.05) is 52.5 Å². The number of carbonyl (C=O) groups excluding carboxylic acids is 2. The van der Waals surface area contributed by atoms with Crippen molar-refractivity contribution in [3.63, 3.8) is 0 Å². The molecule has 1 N–H and O–H groups in total. The van der Waals surface area contributed by atoms with Gasteiger partial charge in [-0.25, -0.2) is 8.42 Å². The molecule has 0 radical (unpaired) electrons. The van der Waals surface area contributed by atoms with Crippen LogP contribution in [0, 0.1) is 0 Å². The number of sulfonamides is 1. The fourth-order valence-corrected chi connectivity index (χ4v) is 5.07. The molecule has 182 valence electrons. The SMILES string of the molecule is O=C(COc1ccccc1)NCC(=O)N1CCN(S(=O)(=O)c2ccc3c(c2)OCCCO3)CC1. The maximum atomic E-state index is 13.1. The maximum Gasteiger partial charge on any atom is 0.258 e.